The van der Waals surface area contributed by atoms with Crippen molar-refractivity contribution in [1.82, 2.24) is 5.32 Å². The van der Waals surface area contributed by atoms with Crippen molar-refractivity contribution in [3.8, 4) is 0 Å². The Kier molecular flexibility index (Phi) is 10.1. The summed E-state index contributed by atoms with van der Waals surface area (Å²) in [5, 5.41) is 2.81. The van der Waals surface area contributed by atoms with E-state index in [2.05, 4.69) is 11.9 Å². The highest BCUT2D eigenvalue weighted by atomic mass is 16.5. The predicted octanol–water partition coefficient (Wildman–Crippen LogP) is 4.82. The van der Waals surface area contributed by atoms with E-state index in [0.717, 1.165) is 25.3 Å². The fourth-order valence-electron chi connectivity index (χ4n) is 2.86. The first kappa shape index (κ1) is 17.1. The SMILES string of the molecule is C=CCCOC(=O)NCCCCC1CCCCCCC1. The Morgan fingerprint density at radius 2 is 1.85 bits per heavy atom. The minimum Gasteiger partial charge on any atom is -0.449 e. The van der Waals surface area contributed by atoms with E-state index < -0.39 is 0 Å². The van der Waals surface area contributed by atoms with Crippen LogP contribution < -0.4 is 5.32 Å². The second kappa shape index (κ2) is 11.8. The lowest BCUT2D eigenvalue weighted by Gasteiger charge is -2.19. The van der Waals surface area contributed by atoms with Crippen molar-refractivity contribution < 1.29 is 9.53 Å². The average molecular weight is 281 g/mol. The molecule has 0 aromatic rings. The third-order valence-corrected chi connectivity index (χ3v) is 4.09. The van der Waals surface area contributed by atoms with Crippen molar-refractivity contribution in [2.24, 2.45) is 5.92 Å². The quantitative estimate of drug-likeness (QED) is 0.511. The molecular formula is C17H31NO2. The van der Waals surface area contributed by atoms with Gasteiger partial charge >= 0.3 is 6.09 Å². The summed E-state index contributed by atoms with van der Waals surface area (Å²) in [7, 11) is 0. The van der Waals surface area contributed by atoms with Gasteiger partial charge in [0.15, 0.2) is 0 Å². The summed E-state index contributed by atoms with van der Waals surface area (Å²) in [6.07, 6.45) is 15.7. The van der Waals surface area contributed by atoms with E-state index in [1.165, 1.54) is 57.8 Å². The molecular weight excluding hydrogens is 250 g/mol. The van der Waals surface area contributed by atoms with Gasteiger partial charge in [-0.25, -0.2) is 4.79 Å². The molecule has 0 atom stereocenters. The molecule has 1 saturated carbocycles. The van der Waals surface area contributed by atoms with Gasteiger partial charge in [0.1, 0.15) is 0 Å². The lowest BCUT2D eigenvalue weighted by molar-refractivity contribution is 0.148. The fourth-order valence-corrected chi connectivity index (χ4v) is 2.86. The molecule has 1 rings (SSSR count). The highest BCUT2D eigenvalue weighted by Gasteiger charge is 2.10. The molecule has 3 nitrogen and oxygen atoms in total. The molecule has 0 heterocycles. The first-order valence-electron chi connectivity index (χ1n) is 8.34. The lowest BCUT2D eigenvalue weighted by atomic mass is 9.88. The van der Waals surface area contributed by atoms with Crippen LogP contribution in [0, 0.1) is 5.92 Å². The van der Waals surface area contributed by atoms with E-state index >= 15 is 0 Å². The Labute approximate surface area is 124 Å². The summed E-state index contributed by atoms with van der Waals surface area (Å²) in [5.74, 6) is 0.926. The summed E-state index contributed by atoms with van der Waals surface area (Å²) in [6.45, 7) is 4.75. The van der Waals surface area contributed by atoms with Crippen LogP contribution in [0.25, 0.3) is 0 Å². The van der Waals surface area contributed by atoms with Crippen LogP contribution in [0.2, 0.25) is 0 Å². The van der Waals surface area contributed by atoms with Crippen LogP contribution in [0.3, 0.4) is 0 Å². The number of carbonyl (C=O) groups is 1. The average Bonchev–Trinajstić information content (AvgIpc) is 2.40. The molecule has 0 spiro atoms. The Bertz CT molecular complexity index is 258. The van der Waals surface area contributed by atoms with Crippen molar-refractivity contribution in [3.63, 3.8) is 0 Å². The van der Waals surface area contributed by atoms with Gasteiger partial charge in [0.2, 0.25) is 0 Å². The van der Waals surface area contributed by atoms with Gasteiger partial charge in [-0.1, -0.05) is 63.9 Å². The third-order valence-electron chi connectivity index (χ3n) is 4.09. The van der Waals surface area contributed by atoms with Crippen molar-refractivity contribution in [2.45, 2.75) is 70.6 Å². The maximum atomic E-state index is 11.3. The summed E-state index contributed by atoms with van der Waals surface area (Å²) in [5.41, 5.74) is 0. The van der Waals surface area contributed by atoms with Crippen molar-refractivity contribution in [3.05, 3.63) is 12.7 Å². The number of carbonyl (C=O) groups excluding carboxylic acids is 1. The highest BCUT2D eigenvalue weighted by Crippen LogP contribution is 2.26. The number of amides is 1. The number of hydrogen-bond acceptors (Lipinski definition) is 2. The van der Waals surface area contributed by atoms with Gasteiger partial charge < -0.3 is 10.1 Å². The van der Waals surface area contributed by atoms with Gasteiger partial charge in [0.25, 0.3) is 0 Å². The molecule has 1 N–H and O–H groups in total. The summed E-state index contributed by atoms with van der Waals surface area (Å²) in [4.78, 5) is 11.3. The van der Waals surface area contributed by atoms with Crippen LogP contribution in [0.1, 0.15) is 70.6 Å². The van der Waals surface area contributed by atoms with Crippen molar-refractivity contribution in [2.75, 3.05) is 13.2 Å². The molecule has 116 valence electrons. The second-order valence-electron chi connectivity index (χ2n) is 5.85. The number of rotatable bonds is 8. The van der Waals surface area contributed by atoms with Crippen LogP contribution in [-0.2, 0) is 4.74 Å². The zero-order chi connectivity index (χ0) is 14.5. The number of alkyl carbamates (subject to hydrolysis) is 1. The van der Waals surface area contributed by atoms with Crippen LogP contribution in [-0.4, -0.2) is 19.2 Å². The molecule has 0 aliphatic heterocycles. The van der Waals surface area contributed by atoms with Gasteiger partial charge in [-0.15, -0.1) is 6.58 Å². The van der Waals surface area contributed by atoms with Gasteiger partial charge in [0.05, 0.1) is 6.61 Å². The number of hydrogen-bond donors (Lipinski definition) is 1. The maximum Gasteiger partial charge on any atom is 0.407 e. The predicted molar refractivity (Wildman–Crippen MR) is 83.8 cm³/mol. The molecule has 1 amide bonds. The molecule has 20 heavy (non-hydrogen) atoms. The molecule has 0 bridgehead atoms. The molecule has 1 aliphatic carbocycles. The van der Waals surface area contributed by atoms with E-state index in [1.807, 2.05) is 0 Å². The number of unbranched alkanes of at least 4 members (excludes halogenated alkanes) is 1. The Morgan fingerprint density at radius 3 is 2.55 bits per heavy atom. The first-order valence-corrected chi connectivity index (χ1v) is 8.34. The van der Waals surface area contributed by atoms with E-state index in [-0.39, 0.29) is 6.09 Å². The number of nitrogens with one attached hydrogen (secondary N) is 1. The van der Waals surface area contributed by atoms with E-state index in [0.29, 0.717) is 6.61 Å². The first-order chi connectivity index (χ1) is 9.83. The van der Waals surface area contributed by atoms with E-state index in [1.54, 1.807) is 6.08 Å². The maximum absolute atomic E-state index is 11.3. The zero-order valence-electron chi connectivity index (χ0n) is 12.9. The highest BCUT2D eigenvalue weighted by molar-refractivity contribution is 5.66. The molecule has 0 aromatic carbocycles. The largest absolute Gasteiger partial charge is 0.449 e. The Hall–Kier alpha value is -0.990. The second-order valence-corrected chi connectivity index (χ2v) is 5.85. The molecule has 0 radical (unpaired) electrons. The summed E-state index contributed by atoms with van der Waals surface area (Å²) >= 11 is 0. The van der Waals surface area contributed by atoms with Crippen molar-refractivity contribution in [1.29, 1.82) is 0 Å². The fraction of sp³-hybridized carbons (Fsp3) is 0.824. The van der Waals surface area contributed by atoms with Crippen LogP contribution in [0.15, 0.2) is 12.7 Å². The van der Waals surface area contributed by atoms with Crippen molar-refractivity contribution >= 4 is 6.09 Å². The van der Waals surface area contributed by atoms with Gasteiger partial charge in [-0.05, 0) is 18.8 Å². The van der Waals surface area contributed by atoms with Crippen LogP contribution in [0.5, 0.6) is 0 Å². The Morgan fingerprint density at radius 1 is 1.15 bits per heavy atom. The summed E-state index contributed by atoms with van der Waals surface area (Å²) < 4.78 is 4.99. The van der Waals surface area contributed by atoms with E-state index in [9.17, 15) is 4.79 Å². The summed E-state index contributed by atoms with van der Waals surface area (Å²) in [6, 6.07) is 0. The smallest absolute Gasteiger partial charge is 0.407 e. The monoisotopic (exact) mass is 281 g/mol. The Balaban J connectivity index is 1.95. The van der Waals surface area contributed by atoms with Crippen LogP contribution in [0.4, 0.5) is 4.79 Å². The topological polar surface area (TPSA) is 38.3 Å². The molecule has 0 aromatic heterocycles. The number of ether oxygens (including phenoxy) is 1. The van der Waals surface area contributed by atoms with E-state index in [4.69, 9.17) is 4.74 Å². The van der Waals surface area contributed by atoms with Gasteiger partial charge in [-0.3, -0.25) is 0 Å². The minimum atomic E-state index is -0.294. The molecule has 1 aliphatic rings. The van der Waals surface area contributed by atoms with Gasteiger partial charge in [-0.2, -0.15) is 0 Å². The lowest BCUT2D eigenvalue weighted by Crippen LogP contribution is -2.25. The van der Waals surface area contributed by atoms with Crippen LogP contribution >= 0.6 is 0 Å². The third kappa shape index (κ3) is 9.00. The van der Waals surface area contributed by atoms with Gasteiger partial charge in [0, 0.05) is 6.54 Å². The molecule has 0 saturated heterocycles. The molecule has 0 unspecified atom stereocenters. The minimum absolute atomic E-state index is 0.294. The molecule has 3 heteroatoms. The zero-order valence-corrected chi connectivity index (χ0v) is 12.9. The normalized spacial score (nSPS) is 17.0. The standard InChI is InChI=1S/C17H31NO2/c1-2-3-15-20-17(19)18-14-10-9-13-16-11-7-5-4-6-8-12-16/h2,16H,1,3-15H2,(H,18,19). The molecule has 1 fully saturated rings.